The summed E-state index contributed by atoms with van der Waals surface area (Å²) >= 11 is 0. The Morgan fingerprint density at radius 1 is 1.06 bits per heavy atom. The van der Waals surface area contributed by atoms with Gasteiger partial charge in [0.25, 0.3) is 0 Å². The highest BCUT2D eigenvalue weighted by molar-refractivity contribution is 7.86. The van der Waals surface area contributed by atoms with Gasteiger partial charge in [-0.25, -0.2) is 13.2 Å². The number of hydrogen-bond donors (Lipinski definition) is 1. The molecular weight excluding hydrogens is 507 g/mol. The molecule has 0 spiro atoms. The summed E-state index contributed by atoms with van der Waals surface area (Å²) in [4.78, 5) is 24.2. The lowest BCUT2D eigenvalue weighted by Crippen LogP contribution is -2.61. The average Bonchev–Trinajstić information content (AvgIpc) is 2.69. The predicted molar refractivity (Wildman–Crippen MR) is 98.1 cm³/mol. The molecule has 0 bridgehead atoms. The Morgan fingerprint density at radius 2 is 1.59 bits per heavy atom. The fourth-order valence-electron chi connectivity index (χ4n) is 2.17. The highest BCUT2D eigenvalue weighted by atomic mass is 32.2. The van der Waals surface area contributed by atoms with E-state index in [9.17, 15) is 53.3 Å². The normalized spacial score (nSPS) is 14.7. The predicted octanol–water partition coefficient (Wildman–Crippen LogP) is 2.86. The fourth-order valence-corrected chi connectivity index (χ4v) is 2.64. The van der Waals surface area contributed by atoms with Crippen molar-refractivity contribution in [3.63, 3.8) is 0 Å². The number of esters is 1. The molecule has 0 radical (unpaired) electrons. The van der Waals surface area contributed by atoms with Crippen LogP contribution in [0.25, 0.3) is 0 Å². The minimum Gasteiger partial charge on any atom is -0.743 e. The van der Waals surface area contributed by atoms with Crippen molar-refractivity contribution in [1.29, 1.82) is 0 Å². The Hall–Kier alpha value is -2.72. The SMILES string of the molecule is C=C(C)C(=O)OC(OCCC(F)(F)C(F)(F)S(=O)(=O)[O-])(C(=O)NCc1ccccc1)C(F)(F)F. The van der Waals surface area contributed by atoms with E-state index in [0.717, 1.165) is 6.92 Å². The van der Waals surface area contributed by atoms with Gasteiger partial charge in [-0.3, -0.25) is 4.79 Å². The van der Waals surface area contributed by atoms with E-state index in [1.807, 2.05) is 0 Å². The summed E-state index contributed by atoms with van der Waals surface area (Å²) in [5, 5.41) is -4.49. The van der Waals surface area contributed by atoms with Crippen molar-refractivity contribution >= 4 is 22.0 Å². The molecule has 0 saturated carbocycles. The molecule has 1 aromatic carbocycles. The van der Waals surface area contributed by atoms with E-state index in [1.165, 1.54) is 24.3 Å². The molecule has 16 heteroatoms. The molecule has 0 aromatic heterocycles. The molecule has 1 atom stereocenters. The van der Waals surface area contributed by atoms with Crippen molar-refractivity contribution in [1.82, 2.24) is 5.32 Å². The monoisotopic (exact) mass is 524 g/mol. The van der Waals surface area contributed by atoms with Gasteiger partial charge in [0.1, 0.15) is 0 Å². The van der Waals surface area contributed by atoms with Crippen LogP contribution in [0.3, 0.4) is 0 Å². The topological polar surface area (TPSA) is 122 Å². The molecule has 0 aliphatic rings. The smallest absolute Gasteiger partial charge is 0.466 e. The Bertz CT molecular complexity index is 1010. The molecule has 0 fully saturated rings. The van der Waals surface area contributed by atoms with E-state index in [-0.39, 0.29) is 5.56 Å². The number of benzene rings is 1. The number of halogens is 7. The Labute approximate surface area is 188 Å². The quantitative estimate of drug-likeness (QED) is 0.155. The minimum atomic E-state index is -6.93. The molecule has 1 aromatic rings. The summed E-state index contributed by atoms with van der Waals surface area (Å²) in [5.74, 6) is -14.4. The first-order chi connectivity index (χ1) is 15.3. The molecule has 0 aliphatic heterocycles. The van der Waals surface area contributed by atoms with Gasteiger partial charge in [0.2, 0.25) is 0 Å². The van der Waals surface area contributed by atoms with Gasteiger partial charge in [0, 0.05) is 18.5 Å². The van der Waals surface area contributed by atoms with E-state index in [4.69, 9.17) is 0 Å². The van der Waals surface area contributed by atoms with E-state index in [1.54, 1.807) is 11.4 Å². The van der Waals surface area contributed by atoms with E-state index in [2.05, 4.69) is 16.1 Å². The van der Waals surface area contributed by atoms with Crippen molar-refractivity contribution in [3.05, 3.63) is 48.0 Å². The van der Waals surface area contributed by atoms with Crippen molar-refractivity contribution in [2.24, 2.45) is 0 Å². The lowest BCUT2D eigenvalue weighted by molar-refractivity contribution is -0.349. The van der Waals surface area contributed by atoms with Gasteiger partial charge in [-0.1, -0.05) is 36.9 Å². The van der Waals surface area contributed by atoms with Gasteiger partial charge in [-0.2, -0.15) is 30.7 Å². The third-order valence-electron chi connectivity index (χ3n) is 4.01. The lowest BCUT2D eigenvalue weighted by atomic mass is 10.2. The van der Waals surface area contributed by atoms with Crippen LogP contribution in [0.1, 0.15) is 18.9 Å². The number of carbonyl (C=O) groups excluding carboxylic acids is 2. The third kappa shape index (κ3) is 6.44. The van der Waals surface area contributed by atoms with E-state index < -0.39 is 70.3 Å². The Balaban J connectivity index is 3.28. The largest absolute Gasteiger partial charge is 0.743 e. The molecule has 0 saturated heterocycles. The maximum absolute atomic E-state index is 13.8. The molecule has 1 rings (SSSR count). The highest BCUT2D eigenvalue weighted by Crippen LogP contribution is 2.42. The van der Waals surface area contributed by atoms with E-state index in [0.29, 0.717) is 0 Å². The maximum atomic E-state index is 13.8. The second-order valence-electron chi connectivity index (χ2n) is 6.73. The first-order valence-electron chi connectivity index (χ1n) is 8.91. The number of ether oxygens (including phenoxy) is 2. The van der Waals surface area contributed by atoms with Crippen molar-refractivity contribution in [2.45, 2.75) is 43.0 Å². The Kier molecular flexibility index (Phi) is 8.85. The van der Waals surface area contributed by atoms with Crippen LogP contribution in [-0.4, -0.2) is 54.6 Å². The zero-order valence-electron chi connectivity index (χ0n) is 17.1. The second kappa shape index (κ2) is 10.3. The first-order valence-corrected chi connectivity index (χ1v) is 10.3. The van der Waals surface area contributed by atoms with Gasteiger partial charge >= 0.3 is 35.0 Å². The van der Waals surface area contributed by atoms with Crippen LogP contribution in [0.15, 0.2) is 42.5 Å². The van der Waals surface area contributed by atoms with Gasteiger partial charge in [-0.05, 0) is 12.5 Å². The van der Waals surface area contributed by atoms with Crippen LogP contribution in [0.4, 0.5) is 30.7 Å². The average molecular weight is 524 g/mol. The van der Waals surface area contributed by atoms with Gasteiger partial charge in [0.05, 0.1) is 6.61 Å². The summed E-state index contributed by atoms with van der Waals surface area (Å²) in [6.45, 7) is 1.19. The zero-order chi connectivity index (χ0) is 26.6. The number of amides is 1. The second-order valence-corrected chi connectivity index (χ2v) is 8.15. The van der Waals surface area contributed by atoms with Crippen LogP contribution in [0.5, 0.6) is 0 Å². The number of rotatable bonds is 11. The highest BCUT2D eigenvalue weighted by Gasteiger charge is 2.67. The molecule has 34 heavy (non-hydrogen) atoms. The molecule has 0 heterocycles. The number of carbonyl (C=O) groups is 2. The molecule has 1 unspecified atom stereocenters. The third-order valence-corrected chi connectivity index (χ3v) is 4.94. The summed E-state index contributed by atoms with van der Waals surface area (Å²) in [6.07, 6.45) is -8.42. The molecule has 1 amide bonds. The number of nitrogens with one attached hydrogen (secondary N) is 1. The summed E-state index contributed by atoms with van der Waals surface area (Å²) in [5.41, 5.74) is -0.424. The van der Waals surface area contributed by atoms with Crippen LogP contribution >= 0.6 is 0 Å². The van der Waals surface area contributed by atoms with Crippen molar-refractivity contribution in [2.75, 3.05) is 6.61 Å². The van der Waals surface area contributed by atoms with E-state index >= 15 is 0 Å². The maximum Gasteiger partial charge on any atom is 0.466 e. The minimum absolute atomic E-state index is 0.255. The summed E-state index contributed by atoms with van der Waals surface area (Å²) < 4.78 is 135. The lowest BCUT2D eigenvalue weighted by Gasteiger charge is -2.34. The first kappa shape index (κ1) is 29.3. The van der Waals surface area contributed by atoms with Crippen LogP contribution in [0, 0.1) is 0 Å². The van der Waals surface area contributed by atoms with Gasteiger partial charge < -0.3 is 19.3 Å². The molecule has 1 N–H and O–H groups in total. The molecular formula is C18H17F7NO7S-. The molecule has 0 aliphatic carbocycles. The van der Waals surface area contributed by atoms with Crippen molar-refractivity contribution < 1.29 is 62.8 Å². The van der Waals surface area contributed by atoms with Crippen LogP contribution in [0.2, 0.25) is 0 Å². The number of hydrogen-bond acceptors (Lipinski definition) is 7. The summed E-state index contributed by atoms with van der Waals surface area (Å²) in [6, 6.07) is 7.22. The standard InChI is InChI=1S/C18H18F7NO7S/c1-11(2)13(27)33-16(17(21,22)23,14(28)26-10-12-6-4-3-5-7-12)32-9-8-15(19,20)18(24,25)34(29,30)31/h3-7H,1,8-10H2,2H3,(H,26,28)(H,29,30,31)/p-1. The van der Waals surface area contributed by atoms with Crippen LogP contribution in [-0.2, 0) is 35.7 Å². The van der Waals surface area contributed by atoms with Crippen LogP contribution < -0.4 is 5.32 Å². The molecule has 8 nitrogen and oxygen atoms in total. The van der Waals surface area contributed by atoms with Gasteiger partial charge in [-0.15, -0.1) is 0 Å². The fraction of sp³-hybridized carbons (Fsp3) is 0.444. The van der Waals surface area contributed by atoms with Crippen molar-refractivity contribution in [3.8, 4) is 0 Å². The Morgan fingerprint density at radius 3 is 2.03 bits per heavy atom. The summed E-state index contributed by atoms with van der Waals surface area (Å²) in [7, 11) is -6.93. The molecule has 192 valence electrons. The number of alkyl halides is 7. The van der Waals surface area contributed by atoms with Gasteiger partial charge in [0.15, 0.2) is 10.1 Å². The zero-order valence-corrected chi connectivity index (χ0v) is 17.9.